The van der Waals surface area contributed by atoms with E-state index in [1.54, 1.807) is 31.0 Å². The molecule has 0 N–H and O–H groups in total. The Labute approximate surface area is 191 Å². The number of benzene rings is 2. The number of aryl methyl sites for hydroxylation is 3. The molecular formula is C24H24N6O3. The summed E-state index contributed by atoms with van der Waals surface area (Å²) in [6.07, 6.45) is 7.34. The van der Waals surface area contributed by atoms with Gasteiger partial charge in [0.25, 0.3) is 0 Å². The number of terminal acetylenes is 1. The topological polar surface area (TPSA) is 89.0 Å². The van der Waals surface area contributed by atoms with E-state index in [4.69, 9.17) is 15.9 Å². The molecule has 0 aliphatic rings. The van der Waals surface area contributed by atoms with Gasteiger partial charge in [0.2, 0.25) is 0 Å². The first kappa shape index (κ1) is 21.9. The van der Waals surface area contributed by atoms with Gasteiger partial charge in [-0.15, -0.1) is 6.42 Å². The molecular weight excluding hydrogens is 420 g/mol. The molecule has 2 aromatic heterocycles. The van der Waals surface area contributed by atoms with E-state index in [-0.39, 0.29) is 12.3 Å². The highest BCUT2D eigenvalue weighted by molar-refractivity contribution is 5.65. The van der Waals surface area contributed by atoms with Crippen LogP contribution in [0.25, 0.3) is 16.9 Å². The molecule has 4 aromatic rings. The van der Waals surface area contributed by atoms with Crippen molar-refractivity contribution in [2.45, 2.75) is 27.0 Å². The maximum absolute atomic E-state index is 12.4. The minimum atomic E-state index is -0.357. The Kier molecular flexibility index (Phi) is 6.00. The molecule has 2 heterocycles. The largest absolute Gasteiger partial charge is 0.496 e. The molecule has 0 unspecified atom stereocenters. The summed E-state index contributed by atoms with van der Waals surface area (Å²) in [5, 5.41) is 12.3. The molecule has 0 bridgehead atoms. The van der Waals surface area contributed by atoms with Crippen molar-refractivity contribution in [1.82, 2.24) is 29.6 Å². The Bertz CT molecular complexity index is 1410. The lowest BCUT2D eigenvalue weighted by molar-refractivity contribution is 0.294. The second-order valence-electron chi connectivity index (χ2n) is 7.59. The highest BCUT2D eigenvalue weighted by atomic mass is 16.5. The van der Waals surface area contributed by atoms with Gasteiger partial charge in [-0.1, -0.05) is 12.0 Å². The van der Waals surface area contributed by atoms with E-state index >= 15 is 0 Å². The average Bonchev–Trinajstić information content (AvgIpc) is 3.34. The summed E-state index contributed by atoms with van der Waals surface area (Å²) < 4.78 is 15.8. The molecule has 0 atom stereocenters. The standard InChI is InChI=1S/C24H24N6O3/c1-6-12-29-14-17(3)23(25-29)18-10-11-21(16(2)13-18)33-15-19-20(8-7-9-22(19)32-5)30-24(31)28(4)26-27-30/h1,7-11,13-14H,12,15H2,2-5H3. The van der Waals surface area contributed by atoms with Crippen LogP contribution in [0.5, 0.6) is 11.5 Å². The summed E-state index contributed by atoms with van der Waals surface area (Å²) >= 11 is 0. The van der Waals surface area contributed by atoms with Crippen LogP contribution in [0.3, 0.4) is 0 Å². The van der Waals surface area contributed by atoms with E-state index in [0.717, 1.165) is 22.4 Å². The number of methoxy groups -OCH3 is 1. The van der Waals surface area contributed by atoms with Crippen LogP contribution in [-0.2, 0) is 20.2 Å². The number of nitrogens with zero attached hydrogens (tertiary/aromatic N) is 6. The molecule has 0 saturated heterocycles. The summed E-state index contributed by atoms with van der Waals surface area (Å²) in [6, 6.07) is 11.3. The summed E-state index contributed by atoms with van der Waals surface area (Å²) in [5.74, 6) is 3.90. The van der Waals surface area contributed by atoms with Gasteiger partial charge in [-0.3, -0.25) is 4.68 Å². The van der Waals surface area contributed by atoms with E-state index in [1.165, 1.54) is 9.36 Å². The molecule has 4 rings (SSSR count). The van der Waals surface area contributed by atoms with E-state index in [1.807, 2.05) is 44.3 Å². The molecule has 9 heteroatoms. The van der Waals surface area contributed by atoms with Crippen LogP contribution in [0.1, 0.15) is 16.7 Å². The minimum absolute atomic E-state index is 0.179. The minimum Gasteiger partial charge on any atom is -0.496 e. The zero-order valence-electron chi connectivity index (χ0n) is 18.9. The fourth-order valence-corrected chi connectivity index (χ4v) is 3.64. The van der Waals surface area contributed by atoms with E-state index in [9.17, 15) is 4.79 Å². The van der Waals surface area contributed by atoms with Crippen LogP contribution in [0.15, 0.2) is 47.4 Å². The van der Waals surface area contributed by atoms with E-state index < -0.39 is 0 Å². The lowest BCUT2D eigenvalue weighted by Gasteiger charge is -2.15. The summed E-state index contributed by atoms with van der Waals surface area (Å²) in [7, 11) is 3.12. The molecule has 0 amide bonds. The van der Waals surface area contributed by atoms with Crippen molar-refractivity contribution in [3.63, 3.8) is 0 Å². The molecule has 33 heavy (non-hydrogen) atoms. The SMILES string of the molecule is C#CCn1cc(C)c(-c2ccc(OCc3c(OC)cccc3-n3nnn(C)c3=O)c(C)c2)n1. The van der Waals surface area contributed by atoms with Crippen LogP contribution in [-0.4, -0.2) is 36.7 Å². The predicted octanol–water partition coefficient (Wildman–Crippen LogP) is 2.67. The fourth-order valence-electron chi connectivity index (χ4n) is 3.64. The van der Waals surface area contributed by atoms with E-state index in [2.05, 4.69) is 21.4 Å². The summed E-state index contributed by atoms with van der Waals surface area (Å²) in [4.78, 5) is 12.4. The third-order valence-corrected chi connectivity index (χ3v) is 5.30. The van der Waals surface area contributed by atoms with Gasteiger partial charge in [0, 0.05) is 18.8 Å². The lowest BCUT2D eigenvalue weighted by atomic mass is 10.1. The molecule has 0 aliphatic heterocycles. The molecule has 0 saturated carbocycles. The van der Waals surface area contributed by atoms with E-state index in [0.29, 0.717) is 29.3 Å². The zero-order chi connectivity index (χ0) is 23.5. The number of hydrogen-bond acceptors (Lipinski definition) is 6. The lowest BCUT2D eigenvalue weighted by Crippen LogP contribution is -2.23. The van der Waals surface area contributed by atoms with Gasteiger partial charge in [0.15, 0.2) is 0 Å². The Balaban J connectivity index is 1.62. The normalized spacial score (nSPS) is 10.8. The molecule has 0 spiro atoms. The van der Waals surface area contributed by atoms with Crippen LogP contribution < -0.4 is 15.2 Å². The highest BCUT2D eigenvalue weighted by Crippen LogP contribution is 2.30. The van der Waals surface area contributed by atoms with Crippen molar-refractivity contribution in [3.8, 4) is 40.8 Å². The van der Waals surface area contributed by atoms with Gasteiger partial charge < -0.3 is 9.47 Å². The average molecular weight is 444 g/mol. The van der Waals surface area contributed by atoms with Gasteiger partial charge in [-0.25, -0.2) is 4.79 Å². The van der Waals surface area contributed by atoms with Crippen molar-refractivity contribution in [1.29, 1.82) is 0 Å². The van der Waals surface area contributed by atoms with Gasteiger partial charge in [-0.05, 0) is 65.7 Å². The third kappa shape index (κ3) is 4.23. The zero-order valence-corrected chi connectivity index (χ0v) is 18.9. The van der Waals surface area contributed by atoms with Crippen LogP contribution in [0.2, 0.25) is 0 Å². The Morgan fingerprint density at radius 3 is 2.58 bits per heavy atom. The van der Waals surface area contributed by atoms with Crippen LogP contribution in [0.4, 0.5) is 0 Å². The molecule has 9 nitrogen and oxygen atoms in total. The highest BCUT2D eigenvalue weighted by Gasteiger charge is 2.17. The van der Waals surface area contributed by atoms with Gasteiger partial charge in [-0.2, -0.15) is 14.5 Å². The quantitative estimate of drug-likeness (QED) is 0.407. The van der Waals surface area contributed by atoms with Crippen molar-refractivity contribution in [2.75, 3.05) is 7.11 Å². The van der Waals surface area contributed by atoms with Crippen LogP contribution >= 0.6 is 0 Å². The Hall–Kier alpha value is -4.32. The Morgan fingerprint density at radius 2 is 1.91 bits per heavy atom. The maximum atomic E-state index is 12.4. The van der Waals surface area contributed by atoms with Crippen molar-refractivity contribution >= 4 is 0 Å². The van der Waals surface area contributed by atoms with Crippen LogP contribution in [0, 0.1) is 26.2 Å². The second-order valence-corrected chi connectivity index (χ2v) is 7.59. The summed E-state index contributed by atoms with van der Waals surface area (Å²) in [6.45, 7) is 4.59. The number of aromatic nitrogens is 6. The number of rotatable bonds is 7. The molecule has 0 aliphatic carbocycles. The number of hydrogen-bond donors (Lipinski definition) is 0. The first-order valence-electron chi connectivity index (χ1n) is 10.3. The van der Waals surface area contributed by atoms with Crippen molar-refractivity contribution in [3.05, 3.63) is 69.8 Å². The smallest absolute Gasteiger partial charge is 0.368 e. The van der Waals surface area contributed by atoms with Crippen molar-refractivity contribution < 1.29 is 9.47 Å². The van der Waals surface area contributed by atoms with Gasteiger partial charge in [0.1, 0.15) is 24.7 Å². The monoisotopic (exact) mass is 444 g/mol. The van der Waals surface area contributed by atoms with Gasteiger partial charge >= 0.3 is 5.69 Å². The number of ether oxygens (including phenoxy) is 2. The second kappa shape index (κ2) is 9.04. The fraction of sp³-hybridized carbons (Fsp3) is 0.250. The molecule has 0 radical (unpaired) electrons. The first-order chi connectivity index (χ1) is 15.9. The summed E-state index contributed by atoms with van der Waals surface area (Å²) in [5.41, 5.74) is 4.75. The number of tetrazole rings is 1. The predicted molar refractivity (Wildman–Crippen MR) is 123 cm³/mol. The first-order valence-corrected chi connectivity index (χ1v) is 10.3. The molecule has 2 aromatic carbocycles. The maximum Gasteiger partial charge on any atom is 0.368 e. The third-order valence-electron chi connectivity index (χ3n) is 5.30. The van der Waals surface area contributed by atoms with Gasteiger partial charge in [0.05, 0.1) is 24.1 Å². The molecule has 0 fully saturated rings. The Morgan fingerprint density at radius 1 is 1.09 bits per heavy atom. The molecule has 168 valence electrons. The van der Waals surface area contributed by atoms with Crippen molar-refractivity contribution in [2.24, 2.45) is 7.05 Å².